The Kier molecular flexibility index (Phi) is 4.02. The number of hydrogen-bond donors (Lipinski definition) is 1. The minimum atomic E-state index is -0.180. The van der Waals surface area contributed by atoms with Crippen molar-refractivity contribution in [1.29, 1.82) is 0 Å². The average molecular weight is 308 g/mol. The van der Waals surface area contributed by atoms with Gasteiger partial charge >= 0.3 is 0 Å². The summed E-state index contributed by atoms with van der Waals surface area (Å²) in [6, 6.07) is 12.8. The number of nitrogens with one attached hydrogen (secondary N) is 1. The summed E-state index contributed by atoms with van der Waals surface area (Å²) >= 11 is 3.51. The molecule has 0 amide bonds. The second-order valence-electron chi connectivity index (χ2n) is 4.37. The fourth-order valence-electron chi connectivity index (χ4n) is 1.87. The molecule has 0 spiro atoms. The van der Waals surface area contributed by atoms with Crippen LogP contribution in [0.15, 0.2) is 46.9 Å². The fraction of sp³-hybridized carbons (Fsp3) is 0.200. The third-order valence-corrected chi connectivity index (χ3v) is 3.52. The monoisotopic (exact) mass is 307 g/mol. The van der Waals surface area contributed by atoms with Crippen LogP contribution < -0.4 is 5.32 Å². The lowest BCUT2D eigenvalue weighted by molar-refractivity contribution is 0.600. The Hall–Kier alpha value is -1.35. The van der Waals surface area contributed by atoms with E-state index in [4.69, 9.17) is 0 Å². The molecule has 0 heterocycles. The molecule has 94 valence electrons. The van der Waals surface area contributed by atoms with Gasteiger partial charge in [0.2, 0.25) is 0 Å². The van der Waals surface area contributed by atoms with Crippen molar-refractivity contribution < 1.29 is 4.39 Å². The zero-order chi connectivity index (χ0) is 13.1. The molecule has 0 aliphatic carbocycles. The molecule has 0 saturated carbocycles. The van der Waals surface area contributed by atoms with Gasteiger partial charge in [-0.05, 0) is 53.5 Å². The van der Waals surface area contributed by atoms with Gasteiger partial charge in [0.05, 0.1) is 6.04 Å². The number of rotatable bonds is 3. The highest BCUT2D eigenvalue weighted by molar-refractivity contribution is 9.10. The van der Waals surface area contributed by atoms with Crippen LogP contribution >= 0.6 is 15.9 Å². The third kappa shape index (κ3) is 2.91. The molecule has 2 aromatic carbocycles. The maximum absolute atomic E-state index is 13.7. The first kappa shape index (κ1) is 13.1. The number of hydrogen-bond acceptors (Lipinski definition) is 1. The number of aryl methyl sites for hydroxylation is 1. The Morgan fingerprint density at radius 1 is 1.17 bits per heavy atom. The first-order chi connectivity index (χ1) is 8.58. The lowest BCUT2D eigenvalue weighted by Gasteiger charge is -2.17. The molecule has 0 aliphatic rings. The molecule has 2 aromatic rings. The van der Waals surface area contributed by atoms with E-state index in [1.807, 2.05) is 38.1 Å². The minimum Gasteiger partial charge on any atom is -0.377 e. The van der Waals surface area contributed by atoms with Gasteiger partial charge in [-0.15, -0.1) is 0 Å². The molecule has 0 bridgehead atoms. The highest BCUT2D eigenvalue weighted by Gasteiger charge is 2.11. The topological polar surface area (TPSA) is 12.0 Å². The van der Waals surface area contributed by atoms with Gasteiger partial charge in [-0.25, -0.2) is 4.39 Å². The molecule has 3 heteroatoms. The van der Waals surface area contributed by atoms with E-state index >= 15 is 0 Å². The predicted octanol–water partition coefficient (Wildman–Crippen LogP) is 5.07. The Labute approximate surface area is 115 Å². The normalized spacial score (nSPS) is 12.2. The van der Waals surface area contributed by atoms with E-state index in [-0.39, 0.29) is 11.9 Å². The average Bonchev–Trinajstić information content (AvgIpc) is 2.33. The maximum Gasteiger partial charge on any atom is 0.128 e. The standard InChI is InChI=1S/C15H15BrFN/c1-10-7-8-15(13(16)9-10)18-11(2)12-5-3-4-6-14(12)17/h3-9,11,18H,1-2H3. The van der Waals surface area contributed by atoms with E-state index < -0.39 is 0 Å². The van der Waals surface area contributed by atoms with Crippen LogP contribution in [0.1, 0.15) is 24.1 Å². The fourth-order valence-corrected chi connectivity index (χ4v) is 2.48. The second kappa shape index (κ2) is 5.53. The van der Waals surface area contributed by atoms with Crippen LogP contribution in [0.3, 0.4) is 0 Å². The van der Waals surface area contributed by atoms with E-state index in [1.54, 1.807) is 12.1 Å². The molecule has 0 saturated heterocycles. The molecular weight excluding hydrogens is 293 g/mol. The van der Waals surface area contributed by atoms with E-state index in [2.05, 4.69) is 21.2 Å². The van der Waals surface area contributed by atoms with Crippen molar-refractivity contribution in [3.8, 4) is 0 Å². The Morgan fingerprint density at radius 3 is 2.56 bits per heavy atom. The predicted molar refractivity (Wildman–Crippen MR) is 77.3 cm³/mol. The molecule has 1 N–H and O–H groups in total. The van der Waals surface area contributed by atoms with Gasteiger partial charge < -0.3 is 5.32 Å². The zero-order valence-electron chi connectivity index (χ0n) is 10.4. The summed E-state index contributed by atoms with van der Waals surface area (Å²) in [7, 11) is 0. The third-order valence-electron chi connectivity index (χ3n) is 2.87. The molecule has 1 nitrogen and oxygen atoms in total. The van der Waals surface area contributed by atoms with Crippen molar-refractivity contribution in [2.75, 3.05) is 5.32 Å². The molecule has 0 aliphatic heterocycles. The first-order valence-corrected chi connectivity index (χ1v) is 6.64. The van der Waals surface area contributed by atoms with Gasteiger partial charge in [-0.3, -0.25) is 0 Å². The Bertz CT molecular complexity index is 554. The Balaban J connectivity index is 2.21. The lowest BCUT2D eigenvalue weighted by atomic mass is 10.1. The smallest absolute Gasteiger partial charge is 0.128 e. The second-order valence-corrected chi connectivity index (χ2v) is 5.23. The zero-order valence-corrected chi connectivity index (χ0v) is 12.0. The molecule has 0 fully saturated rings. The summed E-state index contributed by atoms with van der Waals surface area (Å²) in [6.07, 6.45) is 0. The van der Waals surface area contributed by atoms with Gasteiger partial charge in [-0.2, -0.15) is 0 Å². The first-order valence-electron chi connectivity index (χ1n) is 5.85. The van der Waals surface area contributed by atoms with Gasteiger partial charge in [0.15, 0.2) is 0 Å². The molecule has 0 radical (unpaired) electrons. The lowest BCUT2D eigenvalue weighted by Crippen LogP contribution is -2.08. The van der Waals surface area contributed by atoms with Crippen LogP contribution in [-0.2, 0) is 0 Å². The van der Waals surface area contributed by atoms with E-state index in [9.17, 15) is 4.39 Å². The number of halogens is 2. The summed E-state index contributed by atoms with van der Waals surface area (Å²) in [4.78, 5) is 0. The van der Waals surface area contributed by atoms with E-state index in [0.717, 1.165) is 10.2 Å². The van der Waals surface area contributed by atoms with Gasteiger partial charge in [0.1, 0.15) is 5.82 Å². The quantitative estimate of drug-likeness (QED) is 0.834. The van der Waals surface area contributed by atoms with Crippen LogP contribution in [0, 0.1) is 12.7 Å². The summed E-state index contributed by atoms with van der Waals surface area (Å²) in [5.41, 5.74) is 2.83. The van der Waals surface area contributed by atoms with Crippen molar-refractivity contribution in [2.45, 2.75) is 19.9 Å². The van der Waals surface area contributed by atoms with Crippen molar-refractivity contribution in [1.82, 2.24) is 0 Å². The van der Waals surface area contributed by atoms with Crippen molar-refractivity contribution >= 4 is 21.6 Å². The molecule has 18 heavy (non-hydrogen) atoms. The molecular formula is C15H15BrFN. The molecule has 0 aromatic heterocycles. The van der Waals surface area contributed by atoms with Gasteiger partial charge in [-0.1, -0.05) is 24.3 Å². The van der Waals surface area contributed by atoms with Crippen molar-refractivity contribution in [2.24, 2.45) is 0 Å². The SMILES string of the molecule is Cc1ccc(NC(C)c2ccccc2F)c(Br)c1. The van der Waals surface area contributed by atoms with Crippen LogP contribution in [0.4, 0.5) is 10.1 Å². The number of anilines is 1. The largest absolute Gasteiger partial charge is 0.377 e. The van der Waals surface area contributed by atoms with Crippen molar-refractivity contribution in [3.63, 3.8) is 0 Å². The summed E-state index contributed by atoms with van der Waals surface area (Å²) in [6.45, 7) is 3.99. The summed E-state index contributed by atoms with van der Waals surface area (Å²) < 4.78 is 14.6. The van der Waals surface area contributed by atoms with Crippen molar-refractivity contribution in [3.05, 3.63) is 63.9 Å². The Morgan fingerprint density at radius 2 is 1.89 bits per heavy atom. The number of benzene rings is 2. The van der Waals surface area contributed by atoms with Gasteiger partial charge in [0.25, 0.3) is 0 Å². The molecule has 2 rings (SSSR count). The summed E-state index contributed by atoms with van der Waals surface area (Å²) in [5.74, 6) is -0.180. The summed E-state index contributed by atoms with van der Waals surface area (Å²) in [5, 5.41) is 3.31. The van der Waals surface area contributed by atoms with Crippen LogP contribution in [0.2, 0.25) is 0 Å². The highest BCUT2D eigenvalue weighted by Crippen LogP contribution is 2.28. The maximum atomic E-state index is 13.7. The van der Waals surface area contributed by atoms with E-state index in [0.29, 0.717) is 5.56 Å². The van der Waals surface area contributed by atoms with Crippen LogP contribution in [-0.4, -0.2) is 0 Å². The van der Waals surface area contributed by atoms with E-state index in [1.165, 1.54) is 11.6 Å². The van der Waals surface area contributed by atoms with Crippen LogP contribution in [0.25, 0.3) is 0 Å². The highest BCUT2D eigenvalue weighted by atomic mass is 79.9. The minimum absolute atomic E-state index is 0.0785. The van der Waals surface area contributed by atoms with Gasteiger partial charge in [0, 0.05) is 15.7 Å². The molecule has 1 unspecified atom stereocenters. The van der Waals surface area contributed by atoms with Crippen LogP contribution in [0.5, 0.6) is 0 Å². The molecule has 1 atom stereocenters.